The van der Waals surface area contributed by atoms with Crippen molar-refractivity contribution in [1.82, 2.24) is 29.7 Å². The van der Waals surface area contributed by atoms with E-state index in [0.717, 1.165) is 57.6 Å². The summed E-state index contributed by atoms with van der Waals surface area (Å²) < 4.78 is 1.77. The molecular formula is C22H30N6O2. The van der Waals surface area contributed by atoms with Crippen molar-refractivity contribution in [3.8, 4) is 0 Å². The van der Waals surface area contributed by atoms with Gasteiger partial charge < -0.3 is 14.8 Å². The summed E-state index contributed by atoms with van der Waals surface area (Å²) >= 11 is 0. The van der Waals surface area contributed by atoms with E-state index in [0.29, 0.717) is 18.4 Å². The van der Waals surface area contributed by atoms with Crippen molar-refractivity contribution in [2.24, 2.45) is 13.0 Å². The molecule has 2 saturated heterocycles. The van der Waals surface area contributed by atoms with Crippen LogP contribution in [-0.2, 0) is 18.4 Å². The average molecular weight is 411 g/mol. The summed E-state index contributed by atoms with van der Waals surface area (Å²) in [6.45, 7) is 3.78. The quantitative estimate of drug-likeness (QED) is 0.807. The Hall–Kier alpha value is -2.74. The van der Waals surface area contributed by atoms with Crippen molar-refractivity contribution >= 4 is 11.8 Å². The van der Waals surface area contributed by atoms with Crippen molar-refractivity contribution in [2.75, 3.05) is 26.2 Å². The first kappa shape index (κ1) is 20.5. The predicted octanol–water partition coefficient (Wildman–Crippen LogP) is 1.45. The van der Waals surface area contributed by atoms with Gasteiger partial charge in [-0.15, -0.1) is 0 Å². The van der Waals surface area contributed by atoms with Gasteiger partial charge in [0.2, 0.25) is 5.91 Å². The van der Waals surface area contributed by atoms with Crippen molar-refractivity contribution in [3.63, 3.8) is 0 Å². The Morgan fingerprint density at radius 3 is 2.63 bits per heavy atom. The molecule has 4 rings (SSSR count). The lowest BCUT2D eigenvalue weighted by molar-refractivity contribution is -0.127. The summed E-state index contributed by atoms with van der Waals surface area (Å²) in [5.41, 5.74) is 0.878. The zero-order valence-corrected chi connectivity index (χ0v) is 17.5. The molecule has 8 heteroatoms. The molecule has 0 saturated carbocycles. The standard InChI is InChI=1S/C22H30N6O2/c1-26-14-10-24-20(26)22(30)27-12-7-19(8-13-27)28-11-4-5-17(16-28)21(29)25-15-18-6-2-3-9-23-18/h2-3,6,9-10,14,17,19H,4-5,7-8,11-13,15-16H2,1H3,(H,25,29)/t17-/m1/s1. The molecule has 8 nitrogen and oxygen atoms in total. The zero-order chi connectivity index (χ0) is 20.9. The second kappa shape index (κ2) is 9.38. The highest BCUT2D eigenvalue weighted by Crippen LogP contribution is 2.24. The van der Waals surface area contributed by atoms with E-state index in [1.54, 1.807) is 23.2 Å². The third-order valence-electron chi connectivity index (χ3n) is 6.27. The molecule has 2 amide bonds. The summed E-state index contributed by atoms with van der Waals surface area (Å²) in [5.74, 6) is 0.643. The number of rotatable bonds is 5. The molecular weight excluding hydrogens is 380 g/mol. The van der Waals surface area contributed by atoms with E-state index in [-0.39, 0.29) is 17.7 Å². The number of nitrogens with zero attached hydrogens (tertiary/aromatic N) is 5. The van der Waals surface area contributed by atoms with Crippen molar-refractivity contribution in [3.05, 3.63) is 48.3 Å². The Morgan fingerprint density at radius 2 is 1.93 bits per heavy atom. The van der Waals surface area contributed by atoms with Crippen LogP contribution < -0.4 is 5.32 Å². The molecule has 0 radical (unpaired) electrons. The number of carbonyl (C=O) groups is 2. The summed E-state index contributed by atoms with van der Waals surface area (Å²) in [6, 6.07) is 6.16. The van der Waals surface area contributed by atoms with Crippen LogP contribution >= 0.6 is 0 Å². The maximum absolute atomic E-state index is 12.7. The Labute approximate surface area is 177 Å². The second-order valence-corrected chi connectivity index (χ2v) is 8.26. The lowest BCUT2D eigenvalue weighted by Gasteiger charge is -2.41. The minimum atomic E-state index is 0.00590. The first-order valence-electron chi connectivity index (χ1n) is 10.8. The van der Waals surface area contributed by atoms with E-state index < -0.39 is 0 Å². The summed E-state index contributed by atoms with van der Waals surface area (Å²) in [5, 5.41) is 3.04. The number of amides is 2. The van der Waals surface area contributed by atoms with E-state index in [1.165, 1.54) is 0 Å². The minimum Gasteiger partial charge on any atom is -0.350 e. The SMILES string of the molecule is Cn1ccnc1C(=O)N1CCC(N2CCC[C@@H](C(=O)NCc3ccccn3)C2)CC1. The maximum Gasteiger partial charge on any atom is 0.289 e. The van der Waals surface area contributed by atoms with Gasteiger partial charge in [-0.05, 0) is 44.4 Å². The van der Waals surface area contributed by atoms with E-state index in [4.69, 9.17) is 0 Å². The van der Waals surface area contributed by atoms with Gasteiger partial charge >= 0.3 is 0 Å². The Morgan fingerprint density at radius 1 is 1.10 bits per heavy atom. The molecule has 0 aromatic carbocycles. The van der Waals surface area contributed by atoms with Crippen LogP contribution in [0.1, 0.15) is 42.0 Å². The van der Waals surface area contributed by atoms with Gasteiger partial charge in [-0.1, -0.05) is 6.07 Å². The minimum absolute atomic E-state index is 0.00590. The van der Waals surface area contributed by atoms with Gasteiger partial charge in [0, 0.05) is 51.3 Å². The highest BCUT2D eigenvalue weighted by atomic mass is 16.2. The number of hydrogen-bond donors (Lipinski definition) is 1. The van der Waals surface area contributed by atoms with Crippen LogP contribution in [0.4, 0.5) is 0 Å². The van der Waals surface area contributed by atoms with Crippen LogP contribution in [0.2, 0.25) is 0 Å². The Bertz CT molecular complexity index is 860. The molecule has 4 heterocycles. The van der Waals surface area contributed by atoms with Crippen LogP contribution in [0, 0.1) is 5.92 Å². The average Bonchev–Trinajstić information content (AvgIpc) is 3.23. The normalized spacial score (nSPS) is 20.8. The third-order valence-corrected chi connectivity index (χ3v) is 6.27. The van der Waals surface area contributed by atoms with E-state index in [1.807, 2.05) is 30.1 Å². The molecule has 1 atom stereocenters. The molecule has 30 heavy (non-hydrogen) atoms. The lowest BCUT2D eigenvalue weighted by atomic mass is 9.93. The highest BCUT2D eigenvalue weighted by Gasteiger charge is 2.33. The van der Waals surface area contributed by atoms with Gasteiger partial charge in [0.15, 0.2) is 5.82 Å². The zero-order valence-electron chi connectivity index (χ0n) is 17.5. The number of pyridine rings is 1. The molecule has 2 aliphatic heterocycles. The van der Waals surface area contributed by atoms with Crippen molar-refractivity contribution in [1.29, 1.82) is 0 Å². The largest absolute Gasteiger partial charge is 0.350 e. The maximum atomic E-state index is 12.7. The van der Waals surface area contributed by atoms with Crippen molar-refractivity contribution < 1.29 is 9.59 Å². The van der Waals surface area contributed by atoms with Gasteiger partial charge in [0.25, 0.3) is 5.91 Å². The number of hydrogen-bond acceptors (Lipinski definition) is 5. The molecule has 2 aromatic heterocycles. The molecule has 0 spiro atoms. The number of piperidine rings is 2. The van der Waals surface area contributed by atoms with E-state index in [2.05, 4.69) is 20.2 Å². The number of aromatic nitrogens is 3. The summed E-state index contributed by atoms with van der Waals surface area (Å²) in [6.07, 6.45) is 9.06. The summed E-state index contributed by atoms with van der Waals surface area (Å²) in [4.78, 5) is 38.1. The molecule has 2 fully saturated rings. The van der Waals surface area contributed by atoms with E-state index >= 15 is 0 Å². The number of aryl methyl sites for hydroxylation is 1. The molecule has 2 aromatic rings. The Balaban J connectivity index is 1.26. The second-order valence-electron chi connectivity index (χ2n) is 8.26. The van der Waals surface area contributed by atoms with Crippen molar-refractivity contribution in [2.45, 2.75) is 38.3 Å². The fraction of sp³-hybridized carbons (Fsp3) is 0.545. The molecule has 0 aliphatic carbocycles. The fourth-order valence-electron chi connectivity index (χ4n) is 4.52. The van der Waals surface area contributed by atoms with Gasteiger partial charge in [-0.25, -0.2) is 4.98 Å². The Kier molecular flexibility index (Phi) is 6.42. The van der Waals surface area contributed by atoms with Gasteiger partial charge in [-0.2, -0.15) is 0 Å². The third kappa shape index (κ3) is 4.70. The van der Waals surface area contributed by atoms with Crippen LogP contribution in [0.3, 0.4) is 0 Å². The predicted molar refractivity (Wildman–Crippen MR) is 113 cm³/mol. The van der Waals surface area contributed by atoms with Crippen LogP contribution in [0.25, 0.3) is 0 Å². The van der Waals surface area contributed by atoms with Crippen LogP contribution in [-0.4, -0.2) is 68.4 Å². The first-order chi connectivity index (χ1) is 14.6. The number of imidazole rings is 1. The van der Waals surface area contributed by atoms with Gasteiger partial charge in [-0.3, -0.25) is 19.5 Å². The van der Waals surface area contributed by atoms with Gasteiger partial charge in [0.05, 0.1) is 18.2 Å². The first-order valence-corrected chi connectivity index (χ1v) is 10.8. The number of nitrogens with one attached hydrogen (secondary N) is 1. The molecule has 160 valence electrons. The highest BCUT2D eigenvalue weighted by molar-refractivity contribution is 5.90. The molecule has 0 bridgehead atoms. The van der Waals surface area contributed by atoms with Crippen LogP contribution in [0.5, 0.6) is 0 Å². The molecule has 2 aliphatic rings. The fourth-order valence-corrected chi connectivity index (χ4v) is 4.52. The lowest BCUT2D eigenvalue weighted by Crippen LogP contribution is -2.51. The van der Waals surface area contributed by atoms with Crippen LogP contribution in [0.15, 0.2) is 36.8 Å². The molecule has 0 unspecified atom stereocenters. The monoisotopic (exact) mass is 410 g/mol. The van der Waals surface area contributed by atoms with Gasteiger partial charge in [0.1, 0.15) is 0 Å². The van der Waals surface area contributed by atoms with E-state index in [9.17, 15) is 9.59 Å². The number of likely N-dealkylation sites (tertiary alicyclic amines) is 2. The molecule has 1 N–H and O–H groups in total. The number of carbonyl (C=O) groups excluding carboxylic acids is 2. The topological polar surface area (TPSA) is 83.4 Å². The smallest absolute Gasteiger partial charge is 0.289 e. The summed E-state index contributed by atoms with van der Waals surface area (Å²) in [7, 11) is 1.85.